The molecule has 0 bridgehead atoms. The Bertz CT molecular complexity index is 1000. The van der Waals surface area contributed by atoms with Gasteiger partial charge in [0.05, 0.1) is 12.0 Å². The minimum Gasteiger partial charge on any atom is -0.490 e. The van der Waals surface area contributed by atoms with E-state index in [1.165, 1.54) is 5.56 Å². The average molecular weight is 479 g/mol. The van der Waals surface area contributed by atoms with Crippen LogP contribution in [-0.4, -0.2) is 53.5 Å². The highest BCUT2D eigenvalue weighted by atomic mass is 16.5. The lowest BCUT2D eigenvalue weighted by Gasteiger charge is -2.26. The highest BCUT2D eigenvalue weighted by Gasteiger charge is 2.28. The van der Waals surface area contributed by atoms with Crippen molar-refractivity contribution in [2.45, 2.75) is 57.0 Å². The molecule has 2 amide bonds. The van der Waals surface area contributed by atoms with Crippen LogP contribution in [0, 0.1) is 5.92 Å². The Balaban J connectivity index is 1.14. The molecule has 2 aliphatic rings. The van der Waals surface area contributed by atoms with E-state index in [0.717, 1.165) is 32.4 Å². The zero-order valence-electron chi connectivity index (χ0n) is 20.0. The van der Waals surface area contributed by atoms with Gasteiger partial charge in [0.15, 0.2) is 5.78 Å². The first-order valence-corrected chi connectivity index (χ1v) is 12.6. The van der Waals surface area contributed by atoms with Crippen LogP contribution in [0.15, 0.2) is 54.6 Å². The molecule has 2 N–H and O–H groups in total. The van der Waals surface area contributed by atoms with E-state index in [1.54, 1.807) is 24.3 Å². The SMILES string of the molecule is O=C(CCCNC(=O)N1CC[C@@H](c2ccccc2)C1)c1ccc(OC2CCC(C(=O)O)CC2)cc1. The van der Waals surface area contributed by atoms with Gasteiger partial charge in [0, 0.05) is 37.5 Å². The third kappa shape index (κ3) is 6.84. The van der Waals surface area contributed by atoms with Gasteiger partial charge in [0.1, 0.15) is 5.75 Å². The molecular formula is C28H34N2O5. The van der Waals surface area contributed by atoms with Crippen LogP contribution in [0.2, 0.25) is 0 Å². The zero-order chi connectivity index (χ0) is 24.6. The molecule has 2 aromatic carbocycles. The van der Waals surface area contributed by atoms with Gasteiger partial charge in [-0.3, -0.25) is 9.59 Å². The maximum atomic E-state index is 12.5. The molecule has 1 saturated carbocycles. The van der Waals surface area contributed by atoms with Crippen molar-refractivity contribution in [3.8, 4) is 5.75 Å². The van der Waals surface area contributed by atoms with E-state index in [1.807, 2.05) is 23.1 Å². The average Bonchev–Trinajstić information content (AvgIpc) is 3.38. The lowest BCUT2D eigenvalue weighted by atomic mass is 9.87. The van der Waals surface area contributed by atoms with E-state index >= 15 is 0 Å². The number of nitrogens with one attached hydrogen (secondary N) is 1. The molecule has 4 rings (SSSR count). The van der Waals surface area contributed by atoms with Crippen LogP contribution in [0.5, 0.6) is 5.75 Å². The number of carbonyl (C=O) groups is 3. The lowest BCUT2D eigenvalue weighted by molar-refractivity contribution is -0.143. The number of hydrogen-bond acceptors (Lipinski definition) is 4. The molecule has 0 aromatic heterocycles. The molecule has 1 saturated heterocycles. The van der Waals surface area contributed by atoms with Crippen molar-refractivity contribution in [2.75, 3.05) is 19.6 Å². The molecule has 0 radical (unpaired) electrons. The van der Waals surface area contributed by atoms with Crippen LogP contribution in [0.25, 0.3) is 0 Å². The molecule has 0 spiro atoms. The monoisotopic (exact) mass is 478 g/mol. The van der Waals surface area contributed by atoms with Crippen LogP contribution >= 0.6 is 0 Å². The van der Waals surface area contributed by atoms with Gasteiger partial charge in [-0.15, -0.1) is 0 Å². The highest BCUT2D eigenvalue weighted by Crippen LogP contribution is 2.28. The van der Waals surface area contributed by atoms with Crippen molar-refractivity contribution in [3.05, 3.63) is 65.7 Å². The molecule has 2 aromatic rings. The number of carbonyl (C=O) groups excluding carboxylic acids is 2. The first kappa shape index (κ1) is 24.8. The van der Waals surface area contributed by atoms with E-state index in [4.69, 9.17) is 9.84 Å². The Kier molecular flexibility index (Phi) is 8.40. The second-order valence-electron chi connectivity index (χ2n) is 9.56. The van der Waals surface area contributed by atoms with E-state index in [2.05, 4.69) is 17.4 Å². The summed E-state index contributed by atoms with van der Waals surface area (Å²) in [7, 11) is 0. The summed E-state index contributed by atoms with van der Waals surface area (Å²) in [5.74, 6) is 0.139. The van der Waals surface area contributed by atoms with E-state index in [-0.39, 0.29) is 23.8 Å². The topological polar surface area (TPSA) is 95.9 Å². The standard InChI is InChI=1S/C28H34N2O5/c31-26(21-8-12-24(13-9-21)35-25-14-10-22(11-15-25)27(32)33)7-4-17-29-28(34)30-18-16-23(19-30)20-5-2-1-3-6-20/h1-3,5-6,8-9,12-13,22-23,25H,4,7,10-11,14-19H2,(H,29,34)(H,32,33)/t22?,23-,25?/m1/s1. The van der Waals surface area contributed by atoms with Gasteiger partial charge >= 0.3 is 12.0 Å². The fourth-order valence-electron chi connectivity index (χ4n) is 4.98. The van der Waals surface area contributed by atoms with Crippen LogP contribution < -0.4 is 10.1 Å². The summed E-state index contributed by atoms with van der Waals surface area (Å²) in [6, 6.07) is 17.4. The first-order chi connectivity index (χ1) is 17.0. The van der Waals surface area contributed by atoms with Gasteiger partial charge in [0.25, 0.3) is 0 Å². The normalized spacial score (nSPS) is 21.9. The predicted octanol–water partition coefficient (Wildman–Crippen LogP) is 4.87. The van der Waals surface area contributed by atoms with Gasteiger partial charge in [-0.25, -0.2) is 4.79 Å². The number of likely N-dealkylation sites (tertiary alicyclic amines) is 1. The molecule has 1 atom stereocenters. The molecule has 1 heterocycles. The van der Waals surface area contributed by atoms with Crippen molar-refractivity contribution in [1.82, 2.24) is 10.2 Å². The van der Waals surface area contributed by atoms with Crippen molar-refractivity contribution in [1.29, 1.82) is 0 Å². The summed E-state index contributed by atoms with van der Waals surface area (Å²) >= 11 is 0. The van der Waals surface area contributed by atoms with Crippen molar-refractivity contribution >= 4 is 17.8 Å². The van der Waals surface area contributed by atoms with Gasteiger partial charge in [-0.2, -0.15) is 0 Å². The lowest BCUT2D eigenvalue weighted by Crippen LogP contribution is -2.38. The van der Waals surface area contributed by atoms with Crippen molar-refractivity contribution < 1.29 is 24.2 Å². The Morgan fingerprint density at radius 1 is 0.943 bits per heavy atom. The number of amides is 2. The van der Waals surface area contributed by atoms with Gasteiger partial charge in [-0.1, -0.05) is 30.3 Å². The van der Waals surface area contributed by atoms with Gasteiger partial charge in [-0.05, 0) is 68.4 Å². The molecule has 35 heavy (non-hydrogen) atoms. The molecule has 7 nitrogen and oxygen atoms in total. The number of nitrogens with zero attached hydrogens (tertiary/aromatic N) is 1. The fraction of sp³-hybridized carbons (Fsp3) is 0.464. The molecule has 2 fully saturated rings. The van der Waals surface area contributed by atoms with Crippen LogP contribution in [-0.2, 0) is 4.79 Å². The summed E-state index contributed by atoms with van der Waals surface area (Å²) in [6.07, 6.45) is 4.68. The summed E-state index contributed by atoms with van der Waals surface area (Å²) in [5.41, 5.74) is 1.90. The smallest absolute Gasteiger partial charge is 0.317 e. The maximum absolute atomic E-state index is 12.5. The number of carboxylic acids is 1. The third-order valence-corrected chi connectivity index (χ3v) is 7.11. The Morgan fingerprint density at radius 3 is 2.34 bits per heavy atom. The number of Topliss-reactive ketones (excluding diaryl/α,β-unsaturated/α-hetero) is 1. The summed E-state index contributed by atoms with van der Waals surface area (Å²) in [5, 5.41) is 12.1. The molecule has 186 valence electrons. The summed E-state index contributed by atoms with van der Waals surface area (Å²) < 4.78 is 5.97. The minimum atomic E-state index is -0.723. The number of hydrogen-bond donors (Lipinski definition) is 2. The van der Waals surface area contributed by atoms with Gasteiger partial charge in [0.2, 0.25) is 0 Å². The minimum absolute atomic E-state index is 0.0225. The van der Waals surface area contributed by atoms with E-state index in [9.17, 15) is 14.4 Å². The van der Waals surface area contributed by atoms with E-state index < -0.39 is 5.97 Å². The number of carboxylic acid groups (broad SMARTS) is 1. The first-order valence-electron chi connectivity index (χ1n) is 12.6. The zero-order valence-corrected chi connectivity index (χ0v) is 20.0. The second-order valence-corrected chi connectivity index (χ2v) is 9.56. The predicted molar refractivity (Wildman–Crippen MR) is 133 cm³/mol. The van der Waals surface area contributed by atoms with Gasteiger partial charge < -0.3 is 20.1 Å². The number of ether oxygens (including phenoxy) is 1. The highest BCUT2D eigenvalue weighted by molar-refractivity contribution is 5.96. The number of urea groups is 1. The molecule has 1 aliphatic carbocycles. The quantitative estimate of drug-likeness (QED) is 0.396. The van der Waals surface area contributed by atoms with Crippen LogP contribution in [0.3, 0.4) is 0 Å². The van der Waals surface area contributed by atoms with Crippen LogP contribution in [0.1, 0.15) is 66.8 Å². The molecule has 7 heteroatoms. The molecule has 1 aliphatic heterocycles. The van der Waals surface area contributed by atoms with Crippen LogP contribution in [0.4, 0.5) is 4.79 Å². The Hall–Kier alpha value is -3.35. The number of rotatable bonds is 9. The maximum Gasteiger partial charge on any atom is 0.317 e. The molecule has 0 unspecified atom stereocenters. The third-order valence-electron chi connectivity index (χ3n) is 7.11. The fourth-order valence-corrected chi connectivity index (χ4v) is 4.98. The number of benzene rings is 2. The molecular weight excluding hydrogens is 444 g/mol. The number of ketones is 1. The Morgan fingerprint density at radius 2 is 1.66 bits per heavy atom. The Labute approximate surface area is 206 Å². The number of aliphatic carboxylic acids is 1. The van der Waals surface area contributed by atoms with Crippen molar-refractivity contribution in [3.63, 3.8) is 0 Å². The van der Waals surface area contributed by atoms with E-state index in [0.29, 0.717) is 49.5 Å². The van der Waals surface area contributed by atoms with Crippen molar-refractivity contribution in [2.24, 2.45) is 5.92 Å². The largest absolute Gasteiger partial charge is 0.490 e. The summed E-state index contributed by atoms with van der Waals surface area (Å²) in [6.45, 7) is 1.95. The second kappa shape index (κ2) is 11.9. The summed E-state index contributed by atoms with van der Waals surface area (Å²) in [4.78, 5) is 37.9.